The van der Waals surface area contributed by atoms with E-state index in [9.17, 15) is 4.79 Å². The lowest BCUT2D eigenvalue weighted by molar-refractivity contribution is 0.170. The third-order valence-corrected chi connectivity index (χ3v) is 5.02. The van der Waals surface area contributed by atoms with Crippen LogP contribution in [0.4, 0.5) is 5.95 Å². The average molecular weight is 339 g/mol. The van der Waals surface area contributed by atoms with Crippen LogP contribution in [-0.4, -0.2) is 32.3 Å². The number of aromatic amines is 1. The molecular formula is C17H30N4OS. The van der Waals surface area contributed by atoms with Crippen molar-refractivity contribution >= 4 is 17.7 Å². The molecule has 0 aromatic carbocycles. The number of hydrogen-bond donors (Lipinski definition) is 3. The number of aromatic nitrogens is 2. The first-order chi connectivity index (χ1) is 10.5. The topological polar surface area (TPSA) is 69.8 Å². The van der Waals surface area contributed by atoms with Crippen molar-refractivity contribution in [3.05, 3.63) is 22.1 Å². The van der Waals surface area contributed by atoms with Crippen LogP contribution in [0.3, 0.4) is 0 Å². The minimum Gasteiger partial charge on any atom is -0.353 e. The van der Waals surface area contributed by atoms with Crippen molar-refractivity contribution in [2.45, 2.75) is 82.5 Å². The molecule has 0 radical (unpaired) electrons. The third-order valence-electron chi connectivity index (χ3n) is 3.89. The molecule has 6 heteroatoms. The number of anilines is 1. The normalized spacial score (nSPS) is 20.7. The summed E-state index contributed by atoms with van der Waals surface area (Å²) >= 11 is 1.79. The molecule has 1 saturated heterocycles. The molecule has 1 aromatic heterocycles. The summed E-state index contributed by atoms with van der Waals surface area (Å²) in [5.74, 6) is 1.36. The van der Waals surface area contributed by atoms with Crippen LogP contribution in [0.25, 0.3) is 0 Å². The summed E-state index contributed by atoms with van der Waals surface area (Å²) in [5.41, 5.74) is 0.868. The molecule has 23 heavy (non-hydrogen) atoms. The molecule has 0 bridgehead atoms. The lowest BCUT2D eigenvalue weighted by Crippen LogP contribution is -2.60. The Morgan fingerprint density at radius 2 is 1.91 bits per heavy atom. The second-order valence-corrected chi connectivity index (χ2v) is 9.65. The fraction of sp³-hybridized carbons (Fsp3) is 0.765. The van der Waals surface area contributed by atoms with E-state index >= 15 is 0 Å². The maximum atomic E-state index is 11.9. The summed E-state index contributed by atoms with van der Waals surface area (Å²) in [5, 5.41) is 7.64. The van der Waals surface area contributed by atoms with E-state index < -0.39 is 0 Å². The average Bonchev–Trinajstić information content (AvgIpc) is 2.31. The summed E-state index contributed by atoms with van der Waals surface area (Å²) in [6.07, 6.45) is 1.98. The molecule has 1 fully saturated rings. The van der Waals surface area contributed by atoms with Gasteiger partial charge >= 0.3 is 0 Å². The van der Waals surface area contributed by atoms with E-state index in [1.165, 1.54) is 0 Å². The third kappa shape index (κ3) is 5.84. The fourth-order valence-electron chi connectivity index (χ4n) is 3.52. The Morgan fingerprint density at radius 3 is 2.48 bits per heavy atom. The van der Waals surface area contributed by atoms with Gasteiger partial charge in [0.1, 0.15) is 0 Å². The Labute approximate surface area is 143 Å². The molecule has 5 nitrogen and oxygen atoms in total. The second kappa shape index (κ2) is 6.85. The minimum atomic E-state index is -0.0886. The SMILES string of the molecule is CC(C)SCc1cc(=O)[nH]c(NC2CC(C)(C)NC(C)(C)C2)n1. The molecule has 0 unspecified atom stereocenters. The quantitative estimate of drug-likeness (QED) is 0.769. The molecule has 3 N–H and O–H groups in total. The number of piperidine rings is 1. The molecule has 0 atom stereocenters. The van der Waals surface area contributed by atoms with Crippen LogP contribution in [0, 0.1) is 0 Å². The zero-order valence-corrected chi connectivity index (χ0v) is 15.9. The Balaban J connectivity index is 2.11. The van der Waals surface area contributed by atoms with Gasteiger partial charge in [0.25, 0.3) is 5.56 Å². The minimum absolute atomic E-state index is 0.0603. The van der Waals surface area contributed by atoms with E-state index in [2.05, 4.69) is 62.1 Å². The first kappa shape index (κ1) is 18.3. The fourth-order valence-corrected chi connectivity index (χ4v) is 4.17. The van der Waals surface area contributed by atoms with Crippen LogP contribution in [-0.2, 0) is 5.75 Å². The lowest BCUT2D eigenvalue weighted by Gasteiger charge is -2.46. The maximum absolute atomic E-state index is 11.9. The number of rotatable bonds is 5. The van der Waals surface area contributed by atoms with E-state index in [1.807, 2.05) is 0 Å². The highest BCUT2D eigenvalue weighted by Crippen LogP contribution is 2.29. The lowest BCUT2D eigenvalue weighted by atomic mass is 9.80. The number of thioether (sulfide) groups is 1. The van der Waals surface area contributed by atoms with Crippen LogP contribution < -0.4 is 16.2 Å². The van der Waals surface area contributed by atoms with Crippen molar-refractivity contribution in [1.29, 1.82) is 0 Å². The van der Waals surface area contributed by atoms with Gasteiger partial charge in [0.05, 0.1) is 5.69 Å². The van der Waals surface area contributed by atoms with E-state index in [0.717, 1.165) is 24.3 Å². The number of nitrogens with one attached hydrogen (secondary N) is 3. The molecular weight excluding hydrogens is 308 g/mol. The van der Waals surface area contributed by atoms with E-state index in [4.69, 9.17) is 0 Å². The molecule has 2 rings (SSSR count). The molecule has 0 spiro atoms. The van der Waals surface area contributed by atoms with Gasteiger partial charge in [-0.3, -0.25) is 9.78 Å². The molecule has 0 aliphatic carbocycles. The Kier molecular flexibility index (Phi) is 5.46. The van der Waals surface area contributed by atoms with Crippen molar-refractivity contribution in [2.24, 2.45) is 0 Å². The first-order valence-corrected chi connectivity index (χ1v) is 9.37. The van der Waals surface area contributed by atoms with Crippen LogP contribution in [0.2, 0.25) is 0 Å². The van der Waals surface area contributed by atoms with Gasteiger partial charge in [-0.15, -0.1) is 0 Å². The van der Waals surface area contributed by atoms with Gasteiger partial charge in [0.2, 0.25) is 5.95 Å². The van der Waals surface area contributed by atoms with Crippen molar-refractivity contribution in [1.82, 2.24) is 15.3 Å². The molecule has 130 valence electrons. The van der Waals surface area contributed by atoms with Gasteiger partial charge in [0.15, 0.2) is 0 Å². The van der Waals surface area contributed by atoms with Crippen LogP contribution in [0.5, 0.6) is 0 Å². The predicted octanol–water partition coefficient (Wildman–Crippen LogP) is 3.13. The first-order valence-electron chi connectivity index (χ1n) is 8.32. The summed E-state index contributed by atoms with van der Waals surface area (Å²) in [4.78, 5) is 19.3. The number of hydrogen-bond acceptors (Lipinski definition) is 5. The van der Waals surface area contributed by atoms with E-state index in [1.54, 1.807) is 17.8 Å². The monoisotopic (exact) mass is 338 g/mol. The highest BCUT2D eigenvalue weighted by Gasteiger charge is 2.37. The summed E-state index contributed by atoms with van der Waals surface area (Å²) < 4.78 is 0. The Morgan fingerprint density at radius 1 is 1.30 bits per heavy atom. The van der Waals surface area contributed by atoms with Crippen LogP contribution in [0.1, 0.15) is 60.1 Å². The standard InChI is InChI=1S/C17H30N4OS/c1-11(2)23-10-12-7-14(22)20-15(18-12)19-13-8-16(3,4)21-17(5,6)9-13/h7,11,13,21H,8-10H2,1-6H3,(H2,18,19,20,22). The summed E-state index contributed by atoms with van der Waals surface area (Å²) in [6.45, 7) is 13.2. The molecule has 0 saturated carbocycles. The van der Waals surface area contributed by atoms with E-state index in [-0.39, 0.29) is 22.7 Å². The van der Waals surface area contributed by atoms with Crippen molar-refractivity contribution in [3.8, 4) is 0 Å². The predicted molar refractivity (Wildman–Crippen MR) is 99.2 cm³/mol. The zero-order chi connectivity index (χ0) is 17.3. The van der Waals surface area contributed by atoms with Crippen LogP contribution >= 0.6 is 11.8 Å². The van der Waals surface area contributed by atoms with Gasteiger partial charge in [-0.2, -0.15) is 11.8 Å². The van der Waals surface area contributed by atoms with Crippen molar-refractivity contribution < 1.29 is 0 Å². The van der Waals surface area contributed by atoms with Gasteiger partial charge in [0, 0.05) is 28.9 Å². The number of H-pyrrole nitrogens is 1. The molecule has 2 heterocycles. The van der Waals surface area contributed by atoms with Crippen molar-refractivity contribution in [2.75, 3.05) is 5.32 Å². The van der Waals surface area contributed by atoms with E-state index in [0.29, 0.717) is 11.2 Å². The molecule has 1 aromatic rings. The maximum Gasteiger partial charge on any atom is 0.252 e. The smallest absolute Gasteiger partial charge is 0.252 e. The molecule has 0 amide bonds. The Bertz CT molecular complexity index is 579. The molecule has 1 aliphatic rings. The summed E-state index contributed by atoms with van der Waals surface area (Å²) in [6, 6.07) is 1.88. The van der Waals surface area contributed by atoms with Gasteiger partial charge < -0.3 is 10.6 Å². The van der Waals surface area contributed by atoms with Gasteiger partial charge in [-0.1, -0.05) is 13.8 Å². The van der Waals surface area contributed by atoms with Gasteiger partial charge in [-0.05, 0) is 45.8 Å². The number of nitrogens with zero attached hydrogens (tertiary/aromatic N) is 1. The van der Waals surface area contributed by atoms with Crippen molar-refractivity contribution in [3.63, 3.8) is 0 Å². The highest BCUT2D eigenvalue weighted by molar-refractivity contribution is 7.99. The highest BCUT2D eigenvalue weighted by atomic mass is 32.2. The summed E-state index contributed by atoms with van der Waals surface area (Å²) in [7, 11) is 0. The molecule has 1 aliphatic heterocycles. The Hall–Kier alpha value is -1.01. The van der Waals surface area contributed by atoms with Crippen LogP contribution in [0.15, 0.2) is 10.9 Å². The largest absolute Gasteiger partial charge is 0.353 e. The second-order valence-electron chi connectivity index (χ2n) is 8.09. The zero-order valence-electron chi connectivity index (χ0n) is 15.1. The van der Waals surface area contributed by atoms with Gasteiger partial charge in [-0.25, -0.2) is 4.98 Å².